The Morgan fingerprint density at radius 2 is 2.35 bits per heavy atom. The molecule has 0 aromatic carbocycles. The van der Waals surface area contributed by atoms with Gasteiger partial charge in [0.2, 0.25) is 5.28 Å². The van der Waals surface area contributed by atoms with Gasteiger partial charge in [-0.15, -0.1) is 0 Å². The summed E-state index contributed by atoms with van der Waals surface area (Å²) in [5.74, 6) is 1.82. The molecule has 0 aliphatic heterocycles. The first-order valence-corrected chi connectivity index (χ1v) is 7.02. The lowest BCUT2D eigenvalue weighted by atomic mass is 10.5. The molecule has 6 nitrogen and oxygen atoms in total. The molecule has 0 radical (unpaired) electrons. The first kappa shape index (κ1) is 12.3. The third-order valence-electron chi connectivity index (χ3n) is 2.20. The van der Waals surface area contributed by atoms with Crippen molar-refractivity contribution in [3.05, 3.63) is 11.6 Å². The number of fused-ring (bicyclic) bond motifs is 1. The van der Waals surface area contributed by atoms with Gasteiger partial charge in [-0.3, -0.25) is 4.21 Å². The SMILES string of the molecule is CCS(=O)CCNc1nc(Cl)nc2nc[nH]c12. The van der Waals surface area contributed by atoms with Crippen LogP contribution in [0.25, 0.3) is 11.2 Å². The summed E-state index contributed by atoms with van der Waals surface area (Å²) in [6, 6.07) is 0. The fourth-order valence-corrected chi connectivity index (χ4v) is 2.15. The largest absolute Gasteiger partial charge is 0.367 e. The molecule has 0 spiro atoms. The molecule has 0 bridgehead atoms. The Hall–Kier alpha value is -1.21. The zero-order valence-corrected chi connectivity index (χ0v) is 10.8. The number of nitrogens with one attached hydrogen (secondary N) is 2. The molecule has 2 aromatic heterocycles. The maximum absolute atomic E-state index is 11.3. The minimum Gasteiger partial charge on any atom is -0.367 e. The van der Waals surface area contributed by atoms with Gasteiger partial charge in [-0.25, -0.2) is 4.98 Å². The van der Waals surface area contributed by atoms with Crippen LogP contribution in [0.2, 0.25) is 5.28 Å². The average molecular weight is 274 g/mol. The number of halogens is 1. The van der Waals surface area contributed by atoms with Gasteiger partial charge in [0.05, 0.1) is 6.33 Å². The van der Waals surface area contributed by atoms with E-state index in [4.69, 9.17) is 11.6 Å². The van der Waals surface area contributed by atoms with Gasteiger partial charge in [-0.05, 0) is 11.6 Å². The predicted molar refractivity (Wildman–Crippen MR) is 68.7 cm³/mol. The molecule has 0 amide bonds. The van der Waals surface area contributed by atoms with Crippen molar-refractivity contribution in [2.75, 3.05) is 23.4 Å². The average Bonchev–Trinajstić information content (AvgIpc) is 2.76. The summed E-state index contributed by atoms with van der Waals surface area (Å²) in [5, 5.41) is 3.22. The third-order valence-corrected chi connectivity index (χ3v) is 3.67. The first-order chi connectivity index (χ1) is 8.20. The Balaban J connectivity index is 2.12. The molecule has 0 saturated heterocycles. The molecule has 17 heavy (non-hydrogen) atoms. The molecule has 8 heteroatoms. The van der Waals surface area contributed by atoms with Crippen LogP contribution in [0.15, 0.2) is 6.33 Å². The highest BCUT2D eigenvalue weighted by Gasteiger charge is 2.08. The number of hydrogen-bond acceptors (Lipinski definition) is 5. The van der Waals surface area contributed by atoms with E-state index in [9.17, 15) is 4.21 Å². The van der Waals surface area contributed by atoms with Crippen molar-refractivity contribution in [3.8, 4) is 0 Å². The molecule has 2 rings (SSSR count). The van der Waals surface area contributed by atoms with E-state index in [1.54, 1.807) is 0 Å². The standard InChI is InChI=1S/C9H12ClN5OS/c1-2-17(16)4-3-11-7-6-8(13-5-12-6)15-9(10)14-7/h5H,2-4H2,1H3,(H2,11,12,13,14,15). The number of anilines is 1. The molecule has 92 valence electrons. The van der Waals surface area contributed by atoms with Crippen molar-refractivity contribution >= 4 is 39.4 Å². The Morgan fingerprint density at radius 3 is 3.12 bits per heavy atom. The topological polar surface area (TPSA) is 83.6 Å². The van der Waals surface area contributed by atoms with E-state index in [0.717, 1.165) is 0 Å². The summed E-state index contributed by atoms with van der Waals surface area (Å²) < 4.78 is 11.3. The number of aromatic amines is 1. The molecule has 0 aliphatic rings. The molecule has 1 unspecified atom stereocenters. The van der Waals surface area contributed by atoms with Crippen LogP contribution in [-0.4, -0.2) is 42.2 Å². The molecule has 0 fully saturated rings. The summed E-state index contributed by atoms with van der Waals surface area (Å²) >= 11 is 5.77. The van der Waals surface area contributed by atoms with Gasteiger partial charge >= 0.3 is 0 Å². The molecule has 0 saturated carbocycles. The van der Waals surface area contributed by atoms with Gasteiger partial charge in [-0.2, -0.15) is 9.97 Å². The minimum absolute atomic E-state index is 0.142. The number of rotatable bonds is 5. The Labute approximate surface area is 106 Å². The second-order valence-corrected chi connectivity index (χ2v) is 5.51. The number of hydrogen-bond donors (Lipinski definition) is 2. The Bertz CT molecular complexity index is 543. The fourth-order valence-electron chi connectivity index (χ4n) is 1.36. The van der Waals surface area contributed by atoms with Crippen LogP contribution >= 0.6 is 11.6 Å². The quantitative estimate of drug-likeness (QED) is 0.800. The second-order valence-electron chi connectivity index (χ2n) is 3.30. The summed E-state index contributed by atoms with van der Waals surface area (Å²) in [6.45, 7) is 2.46. The lowest BCUT2D eigenvalue weighted by Gasteiger charge is -2.05. The van der Waals surface area contributed by atoms with E-state index in [1.165, 1.54) is 6.33 Å². The van der Waals surface area contributed by atoms with Gasteiger partial charge in [0, 0.05) is 28.9 Å². The van der Waals surface area contributed by atoms with Gasteiger partial charge in [0.15, 0.2) is 11.5 Å². The zero-order chi connectivity index (χ0) is 12.3. The van der Waals surface area contributed by atoms with Gasteiger partial charge in [-0.1, -0.05) is 6.92 Å². The van der Waals surface area contributed by atoms with Gasteiger partial charge in [0.1, 0.15) is 5.52 Å². The van der Waals surface area contributed by atoms with Crippen LogP contribution in [0.4, 0.5) is 5.82 Å². The second kappa shape index (κ2) is 5.42. The van der Waals surface area contributed by atoms with Crippen molar-refractivity contribution in [2.24, 2.45) is 0 Å². The maximum atomic E-state index is 11.3. The third kappa shape index (κ3) is 2.92. The molecule has 2 aromatic rings. The van der Waals surface area contributed by atoms with Crippen molar-refractivity contribution in [2.45, 2.75) is 6.92 Å². The summed E-state index contributed by atoms with van der Waals surface area (Å²) in [6.07, 6.45) is 1.53. The maximum Gasteiger partial charge on any atom is 0.226 e. The minimum atomic E-state index is -0.795. The monoisotopic (exact) mass is 273 g/mol. The summed E-state index contributed by atoms with van der Waals surface area (Å²) in [7, 11) is -0.795. The van der Waals surface area contributed by atoms with Gasteiger partial charge < -0.3 is 10.3 Å². The normalized spacial score (nSPS) is 12.8. The van der Waals surface area contributed by atoms with Crippen molar-refractivity contribution in [3.63, 3.8) is 0 Å². The van der Waals surface area contributed by atoms with Crippen molar-refractivity contribution in [1.29, 1.82) is 0 Å². The van der Waals surface area contributed by atoms with Crippen LogP contribution in [-0.2, 0) is 10.8 Å². The lowest BCUT2D eigenvalue weighted by molar-refractivity contribution is 0.684. The Morgan fingerprint density at radius 1 is 1.53 bits per heavy atom. The molecule has 2 heterocycles. The molecular formula is C9H12ClN5OS. The highest BCUT2D eigenvalue weighted by Crippen LogP contribution is 2.18. The van der Waals surface area contributed by atoms with E-state index in [-0.39, 0.29) is 5.28 Å². The smallest absolute Gasteiger partial charge is 0.226 e. The van der Waals surface area contributed by atoms with Gasteiger partial charge in [0.25, 0.3) is 0 Å². The number of imidazole rings is 1. The fraction of sp³-hybridized carbons (Fsp3) is 0.444. The molecule has 2 N–H and O–H groups in total. The van der Waals surface area contributed by atoms with Crippen LogP contribution in [0.5, 0.6) is 0 Å². The number of nitrogens with zero attached hydrogens (tertiary/aromatic N) is 3. The van der Waals surface area contributed by atoms with E-state index in [2.05, 4.69) is 25.3 Å². The van der Waals surface area contributed by atoms with Crippen molar-refractivity contribution in [1.82, 2.24) is 19.9 Å². The van der Waals surface area contributed by atoms with Crippen LogP contribution < -0.4 is 5.32 Å². The van der Waals surface area contributed by atoms with Crippen LogP contribution in [0.3, 0.4) is 0 Å². The lowest BCUT2D eigenvalue weighted by Crippen LogP contribution is -2.13. The van der Waals surface area contributed by atoms with E-state index in [0.29, 0.717) is 35.0 Å². The highest BCUT2D eigenvalue weighted by atomic mass is 35.5. The predicted octanol–water partition coefficient (Wildman–Crippen LogP) is 1.19. The zero-order valence-electron chi connectivity index (χ0n) is 9.23. The van der Waals surface area contributed by atoms with E-state index < -0.39 is 10.8 Å². The van der Waals surface area contributed by atoms with Crippen LogP contribution in [0, 0.1) is 0 Å². The van der Waals surface area contributed by atoms with Crippen molar-refractivity contribution < 1.29 is 4.21 Å². The van der Waals surface area contributed by atoms with Crippen LogP contribution in [0.1, 0.15) is 6.92 Å². The number of H-pyrrole nitrogens is 1. The number of aromatic nitrogens is 4. The van der Waals surface area contributed by atoms with E-state index >= 15 is 0 Å². The summed E-state index contributed by atoms with van der Waals surface area (Å²) in [4.78, 5) is 15.0. The molecule has 1 atom stereocenters. The molecule has 0 aliphatic carbocycles. The Kier molecular flexibility index (Phi) is 3.90. The van der Waals surface area contributed by atoms with E-state index in [1.807, 2.05) is 6.92 Å². The first-order valence-electron chi connectivity index (χ1n) is 5.16. The molecular weight excluding hydrogens is 262 g/mol. The highest BCUT2D eigenvalue weighted by molar-refractivity contribution is 7.84. The summed E-state index contributed by atoms with van der Waals surface area (Å²) in [5.41, 5.74) is 1.22.